The molecule has 3 heteroatoms. The summed E-state index contributed by atoms with van der Waals surface area (Å²) in [5.41, 5.74) is 2.01. The minimum absolute atomic E-state index is 0.138. The van der Waals surface area contributed by atoms with Gasteiger partial charge in [-0.1, -0.05) is 23.8 Å². The molecule has 80 valence electrons. The number of aldehydes is 1. The molecule has 1 aromatic heterocycles. The van der Waals surface area contributed by atoms with E-state index < -0.39 is 0 Å². The number of hydrogen-bond donors (Lipinski definition) is 0. The van der Waals surface area contributed by atoms with Crippen LogP contribution in [0.2, 0.25) is 0 Å². The number of benzene rings is 1. The lowest BCUT2D eigenvalue weighted by Gasteiger charge is -1.98. The zero-order valence-corrected chi connectivity index (χ0v) is 8.77. The lowest BCUT2D eigenvalue weighted by Crippen LogP contribution is -1.99. The van der Waals surface area contributed by atoms with E-state index in [1.807, 2.05) is 19.1 Å². The molecular formula is C13H10O3. The molecule has 0 aliphatic carbocycles. The van der Waals surface area contributed by atoms with Gasteiger partial charge in [0.25, 0.3) is 0 Å². The minimum Gasteiger partial charge on any atom is -0.461 e. The van der Waals surface area contributed by atoms with Crippen LogP contribution in [0.1, 0.15) is 32.0 Å². The van der Waals surface area contributed by atoms with Crippen molar-refractivity contribution in [3.8, 4) is 0 Å². The molecule has 0 aliphatic rings. The summed E-state index contributed by atoms with van der Waals surface area (Å²) in [6, 6.07) is 8.72. The Balaban J connectivity index is 2.35. The third-order valence-corrected chi connectivity index (χ3v) is 2.28. The summed E-state index contributed by atoms with van der Waals surface area (Å²) in [6.45, 7) is 1.92. The smallest absolute Gasteiger partial charge is 0.196 e. The van der Waals surface area contributed by atoms with Gasteiger partial charge in [0.2, 0.25) is 0 Å². The van der Waals surface area contributed by atoms with Crippen LogP contribution in [0.4, 0.5) is 0 Å². The summed E-state index contributed by atoms with van der Waals surface area (Å²) in [4.78, 5) is 22.4. The third-order valence-electron chi connectivity index (χ3n) is 2.28. The molecule has 0 N–H and O–H groups in total. The first-order valence-electron chi connectivity index (χ1n) is 4.86. The van der Waals surface area contributed by atoms with Crippen molar-refractivity contribution in [1.29, 1.82) is 0 Å². The Morgan fingerprint density at radius 2 is 2.06 bits per heavy atom. The quantitative estimate of drug-likeness (QED) is 0.582. The molecule has 16 heavy (non-hydrogen) atoms. The van der Waals surface area contributed by atoms with Gasteiger partial charge in [-0.05, 0) is 19.1 Å². The summed E-state index contributed by atoms with van der Waals surface area (Å²) in [6.07, 6.45) is 1.88. The Kier molecular flexibility index (Phi) is 2.68. The first kappa shape index (κ1) is 10.4. The van der Waals surface area contributed by atoms with E-state index in [4.69, 9.17) is 4.42 Å². The lowest BCUT2D eigenvalue weighted by molar-refractivity contribution is 0.103. The topological polar surface area (TPSA) is 47.3 Å². The zero-order valence-electron chi connectivity index (χ0n) is 8.77. The molecule has 0 saturated heterocycles. The number of ketones is 1. The van der Waals surface area contributed by atoms with E-state index in [0.717, 1.165) is 5.56 Å². The summed E-state index contributed by atoms with van der Waals surface area (Å²) >= 11 is 0. The lowest BCUT2D eigenvalue weighted by atomic mass is 10.0. The highest BCUT2D eigenvalue weighted by Gasteiger charge is 2.12. The zero-order chi connectivity index (χ0) is 11.5. The Morgan fingerprint density at radius 1 is 1.25 bits per heavy atom. The van der Waals surface area contributed by atoms with E-state index in [1.165, 1.54) is 12.3 Å². The number of carbonyl (C=O) groups is 2. The summed E-state index contributed by atoms with van der Waals surface area (Å²) in [5.74, 6) is 0.0246. The summed E-state index contributed by atoms with van der Waals surface area (Å²) in [7, 11) is 0. The summed E-state index contributed by atoms with van der Waals surface area (Å²) < 4.78 is 4.90. The maximum Gasteiger partial charge on any atom is 0.196 e. The Hall–Kier alpha value is -2.16. The van der Waals surface area contributed by atoms with Crippen LogP contribution in [0, 0.1) is 6.92 Å². The predicted molar refractivity (Wildman–Crippen MR) is 58.7 cm³/mol. The van der Waals surface area contributed by atoms with Gasteiger partial charge in [-0.25, -0.2) is 0 Å². The Bertz CT molecular complexity index is 538. The minimum atomic E-state index is -0.138. The van der Waals surface area contributed by atoms with Crippen molar-refractivity contribution in [3.05, 3.63) is 59.0 Å². The normalized spacial score (nSPS) is 10.1. The highest BCUT2D eigenvalue weighted by Crippen LogP contribution is 2.13. The van der Waals surface area contributed by atoms with Crippen LogP contribution in [-0.2, 0) is 0 Å². The van der Waals surface area contributed by atoms with Gasteiger partial charge in [-0.2, -0.15) is 0 Å². The second kappa shape index (κ2) is 4.14. The molecule has 3 nitrogen and oxygen atoms in total. The van der Waals surface area contributed by atoms with Gasteiger partial charge in [-0.3, -0.25) is 9.59 Å². The molecule has 2 rings (SSSR count). The van der Waals surface area contributed by atoms with E-state index in [0.29, 0.717) is 17.4 Å². The molecule has 0 aliphatic heterocycles. The fourth-order valence-corrected chi connectivity index (χ4v) is 1.49. The highest BCUT2D eigenvalue weighted by molar-refractivity contribution is 6.09. The Morgan fingerprint density at radius 3 is 2.69 bits per heavy atom. The van der Waals surface area contributed by atoms with E-state index in [1.54, 1.807) is 12.1 Å². The van der Waals surface area contributed by atoms with Gasteiger partial charge in [-0.15, -0.1) is 0 Å². The molecule has 0 bridgehead atoms. The van der Waals surface area contributed by atoms with E-state index in [9.17, 15) is 9.59 Å². The van der Waals surface area contributed by atoms with Crippen molar-refractivity contribution in [2.24, 2.45) is 0 Å². The fraction of sp³-hybridized carbons (Fsp3) is 0.0769. The van der Waals surface area contributed by atoms with Crippen molar-refractivity contribution < 1.29 is 14.0 Å². The van der Waals surface area contributed by atoms with Crippen LogP contribution in [0.5, 0.6) is 0 Å². The third kappa shape index (κ3) is 1.93. The largest absolute Gasteiger partial charge is 0.461 e. The number of rotatable bonds is 3. The molecule has 0 spiro atoms. The highest BCUT2D eigenvalue weighted by atomic mass is 16.3. The second-order valence-corrected chi connectivity index (χ2v) is 3.55. The first-order valence-corrected chi connectivity index (χ1v) is 4.86. The van der Waals surface area contributed by atoms with Gasteiger partial charge in [0.15, 0.2) is 17.8 Å². The van der Waals surface area contributed by atoms with Crippen molar-refractivity contribution in [2.75, 3.05) is 0 Å². The first-order chi connectivity index (χ1) is 7.70. The fourth-order valence-electron chi connectivity index (χ4n) is 1.49. The van der Waals surface area contributed by atoms with Gasteiger partial charge in [0, 0.05) is 5.56 Å². The predicted octanol–water partition coefficient (Wildman–Crippen LogP) is 2.63. The standard InChI is InChI=1S/C13H10O3/c1-9-3-2-4-10(5-9)13(15)11-6-12(7-14)16-8-11/h2-8H,1H3. The van der Waals surface area contributed by atoms with E-state index in [-0.39, 0.29) is 11.5 Å². The molecule has 0 fully saturated rings. The van der Waals surface area contributed by atoms with Crippen molar-refractivity contribution >= 4 is 12.1 Å². The maximum absolute atomic E-state index is 12.0. The van der Waals surface area contributed by atoms with Crippen LogP contribution in [0.15, 0.2) is 41.0 Å². The number of aryl methyl sites for hydroxylation is 1. The van der Waals surface area contributed by atoms with Crippen LogP contribution in [0.3, 0.4) is 0 Å². The van der Waals surface area contributed by atoms with Crippen LogP contribution < -0.4 is 0 Å². The summed E-state index contributed by atoms with van der Waals surface area (Å²) in [5, 5.41) is 0. The molecule has 1 aromatic carbocycles. The second-order valence-electron chi connectivity index (χ2n) is 3.55. The van der Waals surface area contributed by atoms with Gasteiger partial charge < -0.3 is 4.42 Å². The monoisotopic (exact) mass is 214 g/mol. The van der Waals surface area contributed by atoms with E-state index in [2.05, 4.69) is 0 Å². The molecule has 0 saturated carbocycles. The van der Waals surface area contributed by atoms with Gasteiger partial charge >= 0.3 is 0 Å². The van der Waals surface area contributed by atoms with Crippen LogP contribution in [0.25, 0.3) is 0 Å². The van der Waals surface area contributed by atoms with E-state index >= 15 is 0 Å². The molecule has 2 aromatic rings. The van der Waals surface area contributed by atoms with Gasteiger partial charge in [0.1, 0.15) is 6.26 Å². The molecule has 0 unspecified atom stereocenters. The Labute approximate surface area is 92.7 Å². The average Bonchev–Trinajstić information content (AvgIpc) is 2.76. The van der Waals surface area contributed by atoms with Crippen LogP contribution in [-0.4, -0.2) is 12.1 Å². The number of hydrogen-bond acceptors (Lipinski definition) is 3. The van der Waals surface area contributed by atoms with Crippen molar-refractivity contribution in [2.45, 2.75) is 6.92 Å². The van der Waals surface area contributed by atoms with Crippen LogP contribution >= 0.6 is 0 Å². The number of furan rings is 1. The average molecular weight is 214 g/mol. The maximum atomic E-state index is 12.0. The molecule has 0 amide bonds. The SMILES string of the molecule is Cc1cccc(C(=O)c2coc(C=O)c2)c1. The number of carbonyl (C=O) groups excluding carboxylic acids is 2. The van der Waals surface area contributed by atoms with Crippen molar-refractivity contribution in [3.63, 3.8) is 0 Å². The molecule has 0 radical (unpaired) electrons. The van der Waals surface area contributed by atoms with Gasteiger partial charge in [0.05, 0.1) is 5.56 Å². The van der Waals surface area contributed by atoms with Crippen molar-refractivity contribution in [1.82, 2.24) is 0 Å². The molecule has 1 heterocycles. The molecule has 0 atom stereocenters. The molecular weight excluding hydrogens is 204 g/mol.